The molecule has 0 aromatic heterocycles. The van der Waals surface area contributed by atoms with Gasteiger partial charge in [-0.1, -0.05) is 36.4 Å². The van der Waals surface area contributed by atoms with E-state index in [9.17, 15) is 9.59 Å². The minimum atomic E-state index is -0.423. The van der Waals surface area contributed by atoms with Crippen molar-refractivity contribution in [2.45, 2.75) is 0 Å². The number of nitrogens with zero attached hydrogens (tertiary/aromatic N) is 1. The van der Waals surface area contributed by atoms with E-state index in [1.807, 2.05) is 55.4 Å². The number of hydrogen-bond donors (Lipinski definition) is 0. The number of allylic oxidation sites excluding steroid dienone is 1. The lowest BCUT2D eigenvalue weighted by Gasteiger charge is -2.11. The highest BCUT2D eigenvalue weighted by molar-refractivity contribution is 6.64. The number of fused-ring (bicyclic) bond motifs is 1. The molecule has 3 nitrogen and oxygen atoms in total. The molecule has 3 rings (SSSR count). The average molecular weight is 277 g/mol. The summed E-state index contributed by atoms with van der Waals surface area (Å²) in [5.41, 5.74) is 3.70. The van der Waals surface area contributed by atoms with Crippen LogP contribution in [0.4, 0.5) is 5.69 Å². The lowest BCUT2D eigenvalue weighted by atomic mass is 10.0. The van der Waals surface area contributed by atoms with Crippen molar-refractivity contribution in [2.75, 3.05) is 19.0 Å². The van der Waals surface area contributed by atoms with E-state index < -0.39 is 11.6 Å². The Morgan fingerprint density at radius 3 is 2.05 bits per heavy atom. The molecule has 0 fully saturated rings. The summed E-state index contributed by atoms with van der Waals surface area (Å²) in [6.45, 7) is 0. The summed E-state index contributed by atoms with van der Waals surface area (Å²) in [7, 11) is 3.95. The van der Waals surface area contributed by atoms with Gasteiger partial charge in [0.15, 0.2) is 0 Å². The van der Waals surface area contributed by atoms with Gasteiger partial charge in [-0.2, -0.15) is 0 Å². The van der Waals surface area contributed by atoms with Gasteiger partial charge in [-0.15, -0.1) is 0 Å². The maximum Gasteiger partial charge on any atom is 0.234 e. The van der Waals surface area contributed by atoms with Crippen LogP contribution in [0.2, 0.25) is 0 Å². The Kier molecular flexibility index (Phi) is 3.18. The first-order valence-corrected chi connectivity index (χ1v) is 6.75. The molecule has 0 spiro atoms. The lowest BCUT2D eigenvalue weighted by Crippen LogP contribution is -2.08. The SMILES string of the molecule is CN(C)c1ccc(/C=C2/C(=O)C(=O)c3ccccc32)cc1. The topological polar surface area (TPSA) is 37.4 Å². The van der Waals surface area contributed by atoms with Crippen LogP contribution in [0, 0.1) is 0 Å². The fourth-order valence-corrected chi connectivity index (χ4v) is 2.46. The number of carbonyl (C=O) groups excluding carboxylic acids is 2. The second-order valence-corrected chi connectivity index (χ2v) is 5.25. The zero-order valence-electron chi connectivity index (χ0n) is 12.0. The molecule has 0 amide bonds. The van der Waals surface area contributed by atoms with Gasteiger partial charge < -0.3 is 4.90 Å². The number of benzene rings is 2. The van der Waals surface area contributed by atoms with E-state index in [1.54, 1.807) is 18.2 Å². The number of ketones is 2. The molecule has 0 N–H and O–H groups in total. The van der Waals surface area contributed by atoms with E-state index in [2.05, 4.69) is 0 Å². The molecule has 1 aliphatic carbocycles. The second-order valence-electron chi connectivity index (χ2n) is 5.25. The quantitative estimate of drug-likeness (QED) is 0.625. The molecule has 2 aromatic rings. The standard InChI is InChI=1S/C18H15NO2/c1-19(2)13-9-7-12(8-10-13)11-16-14-5-3-4-6-15(14)17(20)18(16)21/h3-11H,1-2H3/b16-11+. The van der Waals surface area contributed by atoms with E-state index in [4.69, 9.17) is 0 Å². The Morgan fingerprint density at radius 2 is 1.43 bits per heavy atom. The summed E-state index contributed by atoms with van der Waals surface area (Å²) < 4.78 is 0. The normalized spacial score (nSPS) is 15.4. The predicted octanol–water partition coefficient (Wildman–Crippen LogP) is 3.06. The number of carbonyl (C=O) groups is 2. The first-order valence-electron chi connectivity index (χ1n) is 6.75. The Bertz CT molecular complexity index is 755. The molecule has 2 aromatic carbocycles. The zero-order valence-corrected chi connectivity index (χ0v) is 12.0. The fourth-order valence-electron chi connectivity index (χ4n) is 2.46. The number of Topliss-reactive ketones (excluding diaryl/α,β-unsaturated/α-hetero) is 2. The maximum atomic E-state index is 12.1. The zero-order chi connectivity index (χ0) is 15.0. The van der Waals surface area contributed by atoms with Gasteiger partial charge >= 0.3 is 0 Å². The van der Waals surface area contributed by atoms with Crippen molar-refractivity contribution >= 4 is 28.9 Å². The van der Waals surface area contributed by atoms with Gasteiger partial charge in [-0.05, 0) is 29.3 Å². The van der Waals surface area contributed by atoms with E-state index in [0.29, 0.717) is 11.1 Å². The smallest absolute Gasteiger partial charge is 0.234 e. The molecule has 0 radical (unpaired) electrons. The highest BCUT2D eigenvalue weighted by atomic mass is 16.2. The summed E-state index contributed by atoms with van der Waals surface area (Å²) >= 11 is 0. The summed E-state index contributed by atoms with van der Waals surface area (Å²) in [6.07, 6.45) is 1.78. The summed E-state index contributed by atoms with van der Waals surface area (Å²) in [4.78, 5) is 26.1. The van der Waals surface area contributed by atoms with E-state index in [0.717, 1.165) is 16.8 Å². The Labute approximate surface area is 123 Å². The summed E-state index contributed by atoms with van der Waals surface area (Å²) in [5.74, 6) is -0.838. The van der Waals surface area contributed by atoms with Crippen LogP contribution in [-0.4, -0.2) is 25.7 Å². The number of rotatable bonds is 2. The molecule has 0 bridgehead atoms. The van der Waals surface area contributed by atoms with Crippen molar-refractivity contribution < 1.29 is 9.59 Å². The maximum absolute atomic E-state index is 12.1. The van der Waals surface area contributed by atoms with Gasteiger partial charge in [0.05, 0.1) is 0 Å². The van der Waals surface area contributed by atoms with Gasteiger partial charge in [-0.3, -0.25) is 9.59 Å². The molecule has 1 aliphatic rings. The molecule has 0 aliphatic heterocycles. The Hall–Kier alpha value is -2.68. The first kappa shape index (κ1) is 13.3. The van der Waals surface area contributed by atoms with E-state index >= 15 is 0 Å². The van der Waals surface area contributed by atoms with E-state index in [-0.39, 0.29) is 0 Å². The van der Waals surface area contributed by atoms with Crippen molar-refractivity contribution in [3.05, 3.63) is 65.2 Å². The average Bonchev–Trinajstić information content (AvgIpc) is 2.73. The lowest BCUT2D eigenvalue weighted by molar-refractivity contribution is -0.109. The van der Waals surface area contributed by atoms with Crippen molar-refractivity contribution in [1.82, 2.24) is 0 Å². The van der Waals surface area contributed by atoms with Crippen LogP contribution in [0.25, 0.3) is 11.6 Å². The van der Waals surface area contributed by atoms with Crippen LogP contribution in [0.15, 0.2) is 48.5 Å². The Balaban J connectivity index is 2.04. The molecule has 0 saturated heterocycles. The second kappa shape index (κ2) is 5.02. The van der Waals surface area contributed by atoms with Crippen molar-refractivity contribution in [3.63, 3.8) is 0 Å². The van der Waals surface area contributed by atoms with Crippen LogP contribution in [0.3, 0.4) is 0 Å². The molecule has 0 unspecified atom stereocenters. The van der Waals surface area contributed by atoms with Gasteiger partial charge in [0.1, 0.15) is 0 Å². The van der Waals surface area contributed by atoms with Gasteiger partial charge in [0, 0.05) is 30.9 Å². The minimum Gasteiger partial charge on any atom is -0.378 e. The van der Waals surface area contributed by atoms with Gasteiger partial charge in [0.25, 0.3) is 0 Å². The largest absolute Gasteiger partial charge is 0.378 e. The van der Waals surface area contributed by atoms with Crippen molar-refractivity contribution in [2.24, 2.45) is 0 Å². The molecule has 21 heavy (non-hydrogen) atoms. The summed E-state index contributed by atoms with van der Waals surface area (Å²) in [6, 6.07) is 15.0. The molecule has 0 heterocycles. The van der Waals surface area contributed by atoms with E-state index in [1.165, 1.54) is 0 Å². The number of hydrogen-bond acceptors (Lipinski definition) is 3. The monoisotopic (exact) mass is 277 g/mol. The minimum absolute atomic E-state index is 0.415. The highest BCUT2D eigenvalue weighted by Gasteiger charge is 2.32. The van der Waals surface area contributed by atoms with Crippen molar-refractivity contribution in [1.29, 1.82) is 0 Å². The summed E-state index contributed by atoms with van der Waals surface area (Å²) in [5, 5.41) is 0. The predicted molar refractivity (Wildman–Crippen MR) is 84.4 cm³/mol. The molecule has 104 valence electrons. The fraction of sp³-hybridized carbons (Fsp3) is 0.111. The van der Waals surface area contributed by atoms with Crippen LogP contribution in [0.1, 0.15) is 21.5 Å². The van der Waals surface area contributed by atoms with Crippen molar-refractivity contribution in [3.8, 4) is 0 Å². The van der Waals surface area contributed by atoms with Crippen LogP contribution < -0.4 is 4.90 Å². The van der Waals surface area contributed by atoms with Crippen LogP contribution in [-0.2, 0) is 4.79 Å². The van der Waals surface area contributed by atoms with Gasteiger partial charge in [0.2, 0.25) is 11.6 Å². The van der Waals surface area contributed by atoms with Crippen LogP contribution in [0.5, 0.6) is 0 Å². The molecular weight excluding hydrogens is 262 g/mol. The van der Waals surface area contributed by atoms with Gasteiger partial charge in [-0.25, -0.2) is 0 Å². The molecular formula is C18H15NO2. The molecule has 3 heteroatoms. The third-order valence-corrected chi connectivity index (χ3v) is 3.63. The number of anilines is 1. The molecule has 0 atom stereocenters. The third kappa shape index (κ3) is 2.27. The first-order chi connectivity index (χ1) is 10.1. The Morgan fingerprint density at radius 1 is 0.810 bits per heavy atom. The highest BCUT2D eigenvalue weighted by Crippen LogP contribution is 2.31. The third-order valence-electron chi connectivity index (χ3n) is 3.63. The van der Waals surface area contributed by atoms with Crippen LogP contribution >= 0.6 is 0 Å². The molecule has 0 saturated carbocycles.